The first-order valence-electron chi connectivity index (χ1n) is 7.75. The van der Waals surface area contributed by atoms with Gasteiger partial charge in [-0.3, -0.25) is 8.80 Å². The number of pyridine rings is 1. The predicted molar refractivity (Wildman–Crippen MR) is 99.0 cm³/mol. The number of hydrogen-bond donors (Lipinski definition) is 1. The molecule has 6 nitrogen and oxygen atoms in total. The van der Waals surface area contributed by atoms with Crippen LogP contribution in [0.1, 0.15) is 5.56 Å². The molecule has 0 bridgehead atoms. The number of rotatable bonds is 2. The number of fused-ring (bicyclic) bond motifs is 4. The van der Waals surface area contributed by atoms with Crippen molar-refractivity contribution in [2.75, 3.05) is 12.4 Å². The van der Waals surface area contributed by atoms with Crippen molar-refractivity contribution in [3.05, 3.63) is 54.4 Å². The molecule has 0 saturated heterocycles. The molecule has 0 spiro atoms. The molecule has 25 heavy (non-hydrogen) atoms. The van der Waals surface area contributed by atoms with Crippen LogP contribution in [-0.4, -0.2) is 25.8 Å². The van der Waals surface area contributed by atoms with Crippen molar-refractivity contribution in [3.8, 4) is 17.5 Å². The zero-order valence-electron chi connectivity index (χ0n) is 13.3. The first-order valence-corrected chi connectivity index (χ1v) is 8.57. The Morgan fingerprint density at radius 1 is 1.16 bits per heavy atom. The zero-order chi connectivity index (χ0) is 17.0. The molecule has 1 aromatic carbocycles. The quantitative estimate of drug-likeness (QED) is 0.529. The second kappa shape index (κ2) is 5.06. The average molecular weight is 344 g/mol. The SMILES string of the molecule is CNc1c(-c2cn3c(n2)sc2ccccc23)nc2cc(C#N)ccn12. The number of thiazole rings is 1. The highest BCUT2D eigenvalue weighted by molar-refractivity contribution is 7.23. The lowest BCUT2D eigenvalue weighted by atomic mass is 10.3. The van der Waals surface area contributed by atoms with Crippen LogP contribution in [0.5, 0.6) is 0 Å². The van der Waals surface area contributed by atoms with Crippen molar-refractivity contribution in [2.24, 2.45) is 0 Å². The third-order valence-electron chi connectivity index (χ3n) is 4.23. The molecule has 0 unspecified atom stereocenters. The lowest BCUT2D eigenvalue weighted by Crippen LogP contribution is -1.95. The van der Waals surface area contributed by atoms with Crippen molar-refractivity contribution in [3.63, 3.8) is 0 Å². The minimum absolute atomic E-state index is 0.587. The Labute approximate surface area is 146 Å². The van der Waals surface area contributed by atoms with Crippen LogP contribution in [0.4, 0.5) is 5.82 Å². The highest BCUT2D eigenvalue weighted by Gasteiger charge is 2.17. The molecule has 5 rings (SSSR count). The van der Waals surface area contributed by atoms with Crippen LogP contribution < -0.4 is 5.32 Å². The molecule has 0 saturated carbocycles. The van der Waals surface area contributed by atoms with Gasteiger partial charge in [0.2, 0.25) is 0 Å². The van der Waals surface area contributed by atoms with Gasteiger partial charge in [0.15, 0.2) is 4.96 Å². The maximum atomic E-state index is 9.10. The van der Waals surface area contributed by atoms with E-state index in [4.69, 9.17) is 15.2 Å². The van der Waals surface area contributed by atoms with E-state index >= 15 is 0 Å². The Balaban J connectivity index is 1.77. The monoisotopic (exact) mass is 344 g/mol. The number of hydrogen-bond acceptors (Lipinski definition) is 5. The second-order valence-electron chi connectivity index (χ2n) is 5.66. The van der Waals surface area contributed by atoms with Gasteiger partial charge in [0, 0.05) is 19.4 Å². The standard InChI is InChI=1S/C18H12N6S/c1-20-17-16(22-15-8-11(9-19)6-7-23(15)17)12-10-24-13-4-2-3-5-14(13)25-18(24)21-12/h2-8,10,20H,1H3. The third kappa shape index (κ3) is 1.95. The van der Waals surface area contributed by atoms with E-state index in [9.17, 15) is 0 Å². The Morgan fingerprint density at radius 3 is 2.88 bits per heavy atom. The molecule has 5 aromatic rings. The molecule has 1 N–H and O–H groups in total. The second-order valence-corrected chi connectivity index (χ2v) is 6.67. The first-order chi connectivity index (χ1) is 12.3. The summed E-state index contributed by atoms with van der Waals surface area (Å²) in [5.74, 6) is 0.856. The number of benzene rings is 1. The fraction of sp³-hybridized carbons (Fsp3) is 0.0556. The highest BCUT2D eigenvalue weighted by Crippen LogP contribution is 2.32. The van der Waals surface area contributed by atoms with E-state index < -0.39 is 0 Å². The molecule has 120 valence electrons. The topological polar surface area (TPSA) is 70.4 Å². The van der Waals surface area contributed by atoms with Gasteiger partial charge in [-0.25, -0.2) is 9.97 Å². The summed E-state index contributed by atoms with van der Waals surface area (Å²) in [6.45, 7) is 0. The van der Waals surface area contributed by atoms with Gasteiger partial charge in [0.05, 0.1) is 21.8 Å². The number of para-hydroxylation sites is 1. The summed E-state index contributed by atoms with van der Waals surface area (Å²) >= 11 is 1.66. The number of anilines is 1. The largest absolute Gasteiger partial charge is 0.372 e. The van der Waals surface area contributed by atoms with Crippen molar-refractivity contribution >= 4 is 38.0 Å². The van der Waals surface area contributed by atoms with E-state index in [0.29, 0.717) is 5.56 Å². The summed E-state index contributed by atoms with van der Waals surface area (Å²) < 4.78 is 5.24. The van der Waals surface area contributed by atoms with E-state index in [1.807, 2.05) is 36.0 Å². The maximum Gasteiger partial charge on any atom is 0.195 e. The fourth-order valence-electron chi connectivity index (χ4n) is 3.09. The van der Waals surface area contributed by atoms with Gasteiger partial charge in [-0.05, 0) is 24.3 Å². The van der Waals surface area contributed by atoms with E-state index in [1.54, 1.807) is 23.5 Å². The van der Waals surface area contributed by atoms with Crippen molar-refractivity contribution < 1.29 is 0 Å². The fourth-order valence-corrected chi connectivity index (χ4v) is 4.10. The lowest BCUT2D eigenvalue weighted by Gasteiger charge is -2.01. The molecule has 0 aliphatic carbocycles. The first kappa shape index (κ1) is 14.0. The number of nitrogens with one attached hydrogen (secondary N) is 1. The lowest BCUT2D eigenvalue weighted by molar-refractivity contribution is 1.17. The number of imidazole rings is 2. The summed E-state index contributed by atoms with van der Waals surface area (Å²) in [5, 5.41) is 12.3. The zero-order valence-corrected chi connectivity index (χ0v) is 14.1. The van der Waals surface area contributed by atoms with Gasteiger partial charge >= 0.3 is 0 Å². The summed E-state index contributed by atoms with van der Waals surface area (Å²) in [7, 11) is 1.86. The summed E-state index contributed by atoms with van der Waals surface area (Å²) in [6, 6.07) is 14.0. The minimum atomic E-state index is 0.587. The normalized spacial score (nSPS) is 11.4. The maximum absolute atomic E-state index is 9.10. The molecule has 0 aliphatic heterocycles. The van der Waals surface area contributed by atoms with E-state index in [1.165, 1.54) is 4.70 Å². The van der Waals surface area contributed by atoms with Crippen LogP contribution in [0.3, 0.4) is 0 Å². The van der Waals surface area contributed by atoms with Crippen LogP contribution in [0.2, 0.25) is 0 Å². The van der Waals surface area contributed by atoms with Crippen molar-refractivity contribution in [1.29, 1.82) is 5.26 Å². The van der Waals surface area contributed by atoms with Crippen LogP contribution >= 0.6 is 11.3 Å². The van der Waals surface area contributed by atoms with E-state index in [2.05, 4.69) is 27.9 Å². The van der Waals surface area contributed by atoms with Crippen LogP contribution in [0, 0.1) is 11.3 Å². The molecule has 0 aliphatic rings. The molecule has 4 aromatic heterocycles. The van der Waals surface area contributed by atoms with Crippen LogP contribution in [0.25, 0.3) is 32.2 Å². The molecule has 0 amide bonds. The number of aromatic nitrogens is 4. The average Bonchev–Trinajstić information content (AvgIpc) is 3.30. The molecular weight excluding hydrogens is 332 g/mol. The van der Waals surface area contributed by atoms with Gasteiger partial charge in [0.25, 0.3) is 0 Å². The Morgan fingerprint density at radius 2 is 2.04 bits per heavy atom. The number of nitrogens with zero attached hydrogens (tertiary/aromatic N) is 5. The Kier molecular flexibility index (Phi) is 2.84. The van der Waals surface area contributed by atoms with Gasteiger partial charge in [0.1, 0.15) is 22.9 Å². The third-order valence-corrected chi connectivity index (χ3v) is 5.27. The van der Waals surface area contributed by atoms with Gasteiger partial charge in [-0.2, -0.15) is 5.26 Å². The van der Waals surface area contributed by atoms with Crippen LogP contribution in [-0.2, 0) is 0 Å². The number of nitriles is 1. The predicted octanol–water partition coefficient (Wildman–Crippen LogP) is 3.78. The van der Waals surface area contributed by atoms with Crippen molar-refractivity contribution in [1.82, 2.24) is 18.8 Å². The van der Waals surface area contributed by atoms with Gasteiger partial charge in [-0.15, -0.1) is 0 Å². The van der Waals surface area contributed by atoms with E-state index in [-0.39, 0.29) is 0 Å². The molecule has 0 radical (unpaired) electrons. The molecule has 0 atom stereocenters. The molecule has 7 heteroatoms. The van der Waals surface area contributed by atoms with E-state index in [0.717, 1.165) is 33.3 Å². The van der Waals surface area contributed by atoms with Gasteiger partial charge < -0.3 is 5.32 Å². The minimum Gasteiger partial charge on any atom is -0.372 e. The Bertz CT molecular complexity index is 1300. The highest BCUT2D eigenvalue weighted by atomic mass is 32.1. The summed E-state index contributed by atoms with van der Waals surface area (Å²) in [6.07, 6.45) is 3.87. The molecular formula is C18H12N6S. The molecule has 4 heterocycles. The van der Waals surface area contributed by atoms with Crippen molar-refractivity contribution in [2.45, 2.75) is 0 Å². The van der Waals surface area contributed by atoms with Gasteiger partial charge in [-0.1, -0.05) is 23.5 Å². The summed E-state index contributed by atoms with van der Waals surface area (Å²) in [4.78, 5) is 10.4. The Hall–Kier alpha value is -3.37. The van der Waals surface area contributed by atoms with Crippen LogP contribution in [0.15, 0.2) is 48.8 Å². The smallest absolute Gasteiger partial charge is 0.195 e. The summed E-state index contributed by atoms with van der Waals surface area (Å²) in [5.41, 5.74) is 4.03. The molecule has 0 fully saturated rings.